The molecule has 0 radical (unpaired) electrons. The van der Waals surface area contributed by atoms with Crippen LogP contribution in [0.25, 0.3) is 0 Å². The summed E-state index contributed by atoms with van der Waals surface area (Å²) in [5.41, 5.74) is 7.57. The zero-order chi connectivity index (χ0) is 18.8. The molecule has 0 saturated heterocycles. The Bertz CT molecular complexity index is 873. The third-order valence-corrected chi connectivity index (χ3v) is 5.69. The Morgan fingerprint density at radius 2 is 2.04 bits per heavy atom. The topological polar surface area (TPSA) is 115 Å². The highest BCUT2D eigenvalue weighted by Crippen LogP contribution is 2.39. The molecule has 0 aliphatic heterocycles. The van der Waals surface area contributed by atoms with Gasteiger partial charge in [0.1, 0.15) is 5.00 Å². The summed E-state index contributed by atoms with van der Waals surface area (Å²) in [6.07, 6.45) is 2.75. The smallest absolute Gasteiger partial charge is 0.269 e. The molecule has 2 aromatic rings. The largest absolute Gasteiger partial charge is 0.365 e. The van der Waals surface area contributed by atoms with Crippen molar-refractivity contribution in [2.75, 3.05) is 5.32 Å². The lowest BCUT2D eigenvalue weighted by Gasteiger charge is -2.18. The number of nitro groups is 1. The van der Waals surface area contributed by atoms with Crippen LogP contribution in [0.1, 0.15) is 39.7 Å². The van der Waals surface area contributed by atoms with E-state index < -0.39 is 10.8 Å². The van der Waals surface area contributed by atoms with Gasteiger partial charge in [-0.2, -0.15) is 0 Å². The summed E-state index contributed by atoms with van der Waals surface area (Å²) in [7, 11) is 0. The molecule has 0 spiro atoms. The number of nitrogens with one attached hydrogen (secondary N) is 1. The van der Waals surface area contributed by atoms with Gasteiger partial charge < -0.3 is 11.1 Å². The first-order chi connectivity index (χ1) is 12.3. The lowest BCUT2D eigenvalue weighted by Crippen LogP contribution is -2.20. The molecule has 26 heavy (non-hydrogen) atoms. The van der Waals surface area contributed by atoms with Crippen molar-refractivity contribution < 1.29 is 14.5 Å². The predicted octanol–water partition coefficient (Wildman–Crippen LogP) is 3.06. The van der Waals surface area contributed by atoms with Gasteiger partial charge in [-0.25, -0.2) is 0 Å². The van der Waals surface area contributed by atoms with Gasteiger partial charge in [-0.3, -0.25) is 19.7 Å². The number of carbonyl (C=O) groups is 2. The minimum absolute atomic E-state index is 0.0229. The van der Waals surface area contributed by atoms with Gasteiger partial charge in [-0.1, -0.05) is 19.1 Å². The molecule has 1 aromatic heterocycles. The Balaban J connectivity index is 1.77. The number of nitrogens with zero attached hydrogens (tertiary/aromatic N) is 1. The van der Waals surface area contributed by atoms with Gasteiger partial charge >= 0.3 is 0 Å². The minimum atomic E-state index is -0.525. The minimum Gasteiger partial charge on any atom is -0.365 e. The zero-order valence-electron chi connectivity index (χ0n) is 14.3. The standard InChI is InChI=1S/C18H19N3O4S/c1-10-2-7-13-14(8-10)26-18(16(13)17(19)23)20-15(22)9-11-3-5-12(6-4-11)21(24)25/h3-6,10H,2,7-9H2,1H3,(H2,19,23)(H,20,22)/t10-/m0/s1. The van der Waals surface area contributed by atoms with E-state index in [0.29, 0.717) is 22.0 Å². The summed E-state index contributed by atoms with van der Waals surface area (Å²) in [6, 6.07) is 5.83. The number of hydrogen-bond donors (Lipinski definition) is 2. The number of primary amides is 1. The number of fused-ring (bicyclic) bond motifs is 1. The Kier molecular flexibility index (Phi) is 5.03. The predicted molar refractivity (Wildman–Crippen MR) is 99.5 cm³/mol. The van der Waals surface area contributed by atoms with Crippen LogP contribution < -0.4 is 11.1 Å². The summed E-state index contributed by atoms with van der Waals surface area (Å²) in [6.45, 7) is 2.17. The number of amides is 2. The molecule has 3 rings (SSSR count). The number of nitrogens with two attached hydrogens (primary N) is 1. The maximum Gasteiger partial charge on any atom is 0.269 e. The Morgan fingerprint density at radius 3 is 2.65 bits per heavy atom. The van der Waals surface area contributed by atoms with Crippen LogP contribution in [0.4, 0.5) is 10.7 Å². The van der Waals surface area contributed by atoms with Crippen molar-refractivity contribution in [1.29, 1.82) is 0 Å². The van der Waals surface area contributed by atoms with Gasteiger partial charge in [0, 0.05) is 17.0 Å². The van der Waals surface area contributed by atoms with E-state index >= 15 is 0 Å². The SMILES string of the molecule is C[C@H]1CCc2c(sc(NC(=O)Cc3ccc([N+](=O)[O-])cc3)c2C(N)=O)C1. The molecule has 1 atom stereocenters. The first-order valence-corrected chi connectivity index (χ1v) is 9.14. The first-order valence-electron chi connectivity index (χ1n) is 8.32. The maximum absolute atomic E-state index is 12.4. The number of thiophene rings is 1. The molecular formula is C18H19N3O4S. The quantitative estimate of drug-likeness (QED) is 0.619. The van der Waals surface area contributed by atoms with Crippen molar-refractivity contribution in [3.8, 4) is 0 Å². The highest BCUT2D eigenvalue weighted by atomic mass is 32.1. The van der Waals surface area contributed by atoms with Crippen LogP contribution in [-0.4, -0.2) is 16.7 Å². The summed E-state index contributed by atoms with van der Waals surface area (Å²) in [4.78, 5) is 35.6. The normalized spacial score (nSPS) is 16.0. The lowest BCUT2D eigenvalue weighted by atomic mass is 9.88. The van der Waals surface area contributed by atoms with Gasteiger partial charge in [0.2, 0.25) is 5.91 Å². The van der Waals surface area contributed by atoms with Gasteiger partial charge in [-0.15, -0.1) is 11.3 Å². The fraction of sp³-hybridized carbons (Fsp3) is 0.333. The Morgan fingerprint density at radius 1 is 1.35 bits per heavy atom. The number of carbonyl (C=O) groups excluding carboxylic acids is 2. The first kappa shape index (κ1) is 18.1. The van der Waals surface area contributed by atoms with Crippen molar-refractivity contribution in [2.45, 2.75) is 32.6 Å². The highest BCUT2D eigenvalue weighted by molar-refractivity contribution is 7.17. The molecule has 1 aliphatic rings. The summed E-state index contributed by atoms with van der Waals surface area (Å²) >= 11 is 1.42. The average molecular weight is 373 g/mol. The molecule has 0 unspecified atom stereocenters. The third-order valence-electron chi connectivity index (χ3n) is 4.52. The summed E-state index contributed by atoms with van der Waals surface area (Å²) in [5, 5.41) is 14.0. The molecule has 1 heterocycles. The van der Waals surface area contributed by atoms with Crippen LogP contribution in [0.15, 0.2) is 24.3 Å². The van der Waals surface area contributed by atoms with Crippen LogP contribution in [-0.2, 0) is 24.1 Å². The van der Waals surface area contributed by atoms with E-state index in [1.807, 2.05) is 0 Å². The van der Waals surface area contributed by atoms with E-state index in [4.69, 9.17) is 5.73 Å². The second-order valence-corrected chi connectivity index (χ2v) is 7.67. The van der Waals surface area contributed by atoms with Gasteiger partial charge in [-0.05, 0) is 36.3 Å². The molecule has 7 nitrogen and oxygen atoms in total. The molecule has 0 bridgehead atoms. The van der Waals surface area contributed by atoms with E-state index in [-0.39, 0.29) is 18.0 Å². The number of nitro benzene ring substituents is 1. The van der Waals surface area contributed by atoms with E-state index in [1.165, 1.54) is 23.5 Å². The fourth-order valence-corrected chi connectivity index (χ4v) is 4.62. The number of rotatable bonds is 5. The molecule has 1 aliphatic carbocycles. The fourth-order valence-electron chi connectivity index (χ4n) is 3.19. The summed E-state index contributed by atoms with van der Waals surface area (Å²) in [5.74, 6) is -0.263. The third kappa shape index (κ3) is 3.75. The van der Waals surface area contributed by atoms with Crippen LogP contribution in [0.5, 0.6) is 0 Å². The zero-order valence-corrected chi connectivity index (χ0v) is 15.1. The second-order valence-electron chi connectivity index (χ2n) is 6.57. The maximum atomic E-state index is 12.4. The van der Waals surface area contributed by atoms with Gasteiger partial charge in [0.15, 0.2) is 0 Å². The van der Waals surface area contributed by atoms with E-state index in [1.54, 1.807) is 12.1 Å². The van der Waals surface area contributed by atoms with Crippen LogP contribution >= 0.6 is 11.3 Å². The van der Waals surface area contributed by atoms with Crippen LogP contribution in [0.2, 0.25) is 0 Å². The lowest BCUT2D eigenvalue weighted by molar-refractivity contribution is -0.384. The van der Waals surface area contributed by atoms with Crippen LogP contribution in [0, 0.1) is 16.0 Å². The number of non-ortho nitro benzene ring substituents is 1. The van der Waals surface area contributed by atoms with Crippen molar-refractivity contribution in [3.63, 3.8) is 0 Å². The Hall–Kier alpha value is -2.74. The molecule has 2 amide bonds. The van der Waals surface area contributed by atoms with E-state index in [2.05, 4.69) is 12.2 Å². The van der Waals surface area contributed by atoms with Crippen molar-refractivity contribution in [3.05, 3.63) is 55.9 Å². The number of hydrogen-bond acceptors (Lipinski definition) is 5. The van der Waals surface area contributed by atoms with Gasteiger partial charge in [0.05, 0.1) is 16.9 Å². The molecule has 3 N–H and O–H groups in total. The Labute approximate surface area is 154 Å². The van der Waals surface area contributed by atoms with Crippen molar-refractivity contribution >= 4 is 33.8 Å². The molecule has 0 fully saturated rings. The number of anilines is 1. The molecular weight excluding hydrogens is 354 g/mol. The molecule has 0 saturated carbocycles. The van der Waals surface area contributed by atoms with Crippen molar-refractivity contribution in [2.24, 2.45) is 11.7 Å². The van der Waals surface area contributed by atoms with E-state index in [0.717, 1.165) is 29.7 Å². The molecule has 136 valence electrons. The summed E-state index contributed by atoms with van der Waals surface area (Å²) < 4.78 is 0. The van der Waals surface area contributed by atoms with E-state index in [9.17, 15) is 19.7 Å². The number of benzene rings is 1. The monoisotopic (exact) mass is 373 g/mol. The second kappa shape index (κ2) is 7.25. The van der Waals surface area contributed by atoms with Gasteiger partial charge in [0.25, 0.3) is 11.6 Å². The molecule has 8 heteroatoms. The molecule has 1 aromatic carbocycles. The average Bonchev–Trinajstić information content (AvgIpc) is 2.91. The van der Waals surface area contributed by atoms with Crippen LogP contribution in [0.3, 0.4) is 0 Å². The van der Waals surface area contributed by atoms with Crippen molar-refractivity contribution in [1.82, 2.24) is 0 Å². The highest BCUT2D eigenvalue weighted by Gasteiger charge is 2.27.